The van der Waals surface area contributed by atoms with Crippen molar-refractivity contribution < 1.29 is 18.4 Å². The lowest BCUT2D eigenvalue weighted by Crippen LogP contribution is -2.30. The number of nitrogens with two attached hydrogens (primary N) is 1. The minimum absolute atomic E-state index is 0.238. The molecule has 3 amide bonds. The van der Waals surface area contributed by atoms with Crippen molar-refractivity contribution in [3.05, 3.63) is 65.2 Å². The van der Waals surface area contributed by atoms with E-state index in [-0.39, 0.29) is 12.2 Å². The number of carbonyl (C=O) groups is 2. The number of anilines is 1. The van der Waals surface area contributed by atoms with E-state index in [2.05, 4.69) is 10.6 Å². The molecule has 2 aromatic rings. The highest BCUT2D eigenvalue weighted by atomic mass is 19.1. The van der Waals surface area contributed by atoms with Crippen molar-refractivity contribution >= 4 is 17.6 Å². The van der Waals surface area contributed by atoms with Gasteiger partial charge in [-0.3, -0.25) is 4.79 Å². The molecule has 0 aliphatic heterocycles. The number of nitrogens with one attached hydrogen (secondary N) is 2. The van der Waals surface area contributed by atoms with Gasteiger partial charge in [0, 0.05) is 18.2 Å². The summed E-state index contributed by atoms with van der Waals surface area (Å²) in [5.41, 5.74) is 6.15. The zero-order valence-corrected chi connectivity index (χ0v) is 12.1. The molecule has 0 saturated carbocycles. The molecule has 5 nitrogen and oxygen atoms in total. The fourth-order valence-corrected chi connectivity index (χ4v) is 1.96. The highest BCUT2D eigenvalue weighted by molar-refractivity contribution is 5.93. The van der Waals surface area contributed by atoms with Crippen LogP contribution in [-0.2, 0) is 6.42 Å². The van der Waals surface area contributed by atoms with E-state index in [0.717, 1.165) is 23.8 Å². The Balaban J connectivity index is 1.86. The maximum absolute atomic E-state index is 13.4. The molecule has 0 aliphatic rings. The molecule has 2 aromatic carbocycles. The van der Waals surface area contributed by atoms with Crippen LogP contribution in [0.25, 0.3) is 0 Å². The van der Waals surface area contributed by atoms with E-state index in [1.165, 1.54) is 0 Å². The maximum Gasteiger partial charge on any atom is 0.319 e. The second-order valence-corrected chi connectivity index (χ2v) is 4.82. The number of primary amides is 1. The molecule has 4 N–H and O–H groups in total. The Morgan fingerprint density at radius 2 is 1.87 bits per heavy atom. The Bertz CT molecular complexity index is 735. The van der Waals surface area contributed by atoms with Gasteiger partial charge < -0.3 is 16.4 Å². The number of hydrogen-bond donors (Lipinski definition) is 3. The van der Waals surface area contributed by atoms with Crippen molar-refractivity contribution in [1.29, 1.82) is 0 Å². The summed E-state index contributed by atoms with van der Waals surface area (Å²) in [7, 11) is 0. The number of carbonyl (C=O) groups excluding carboxylic acids is 2. The average Bonchev–Trinajstić information content (AvgIpc) is 2.51. The minimum atomic E-state index is -0.726. The summed E-state index contributed by atoms with van der Waals surface area (Å²) in [6, 6.07) is 8.85. The van der Waals surface area contributed by atoms with Crippen LogP contribution >= 0.6 is 0 Å². The van der Waals surface area contributed by atoms with Gasteiger partial charge in [0.1, 0.15) is 11.6 Å². The Labute approximate surface area is 131 Å². The van der Waals surface area contributed by atoms with Crippen molar-refractivity contribution in [2.45, 2.75) is 6.42 Å². The lowest BCUT2D eigenvalue weighted by Gasteiger charge is -2.09. The number of urea groups is 1. The van der Waals surface area contributed by atoms with Crippen LogP contribution in [0.3, 0.4) is 0 Å². The first-order valence-electron chi connectivity index (χ1n) is 6.84. The van der Waals surface area contributed by atoms with Crippen LogP contribution in [0.2, 0.25) is 0 Å². The van der Waals surface area contributed by atoms with E-state index < -0.39 is 23.6 Å². The number of hydrogen-bond acceptors (Lipinski definition) is 2. The number of halogens is 2. The summed E-state index contributed by atoms with van der Waals surface area (Å²) in [6.07, 6.45) is 0.459. The highest BCUT2D eigenvalue weighted by Gasteiger charge is 2.08. The van der Waals surface area contributed by atoms with Crippen molar-refractivity contribution in [3.63, 3.8) is 0 Å². The standard InChI is InChI=1S/C16H15F2N3O2/c17-12-4-5-13(18)14(9-12)21-16(23)20-7-6-10-2-1-3-11(8-10)15(19)22/h1-5,8-9H,6-7H2,(H2,19,22)(H2,20,21,23). The first kappa shape index (κ1) is 16.4. The van der Waals surface area contributed by atoms with E-state index >= 15 is 0 Å². The second-order valence-electron chi connectivity index (χ2n) is 4.82. The lowest BCUT2D eigenvalue weighted by atomic mass is 10.1. The van der Waals surface area contributed by atoms with E-state index in [1.54, 1.807) is 24.3 Å². The molecule has 2 rings (SSSR count). The van der Waals surface area contributed by atoms with Gasteiger partial charge in [-0.2, -0.15) is 0 Å². The third kappa shape index (κ3) is 4.77. The molecule has 0 fully saturated rings. The van der Waals surface area contributed by atoms with Gasteiger partial charge in [0.15, 0.2) is 0 Å². The average molecular weight is 319 g/mol. The van der Waals surface area contributed by atoms with Crippen molar-refractivity contribution in [2.24, 2.45) is 5.73 Å². The lowest BCUT2D eigenvalue weighted by molar-refractivity contribution is 0.1000. The van der Waals surface area contributed by atoms with E-state index in [9.17, 15) is 18.4 Å². The smallest absolute Gasteiger partial charge is 0.319 e. The molecule has 0 radical (unpaired) electrons. The van der Waals surface area contributed by atoms with Crippen LogP contribution < -0.4 is 16.4 Å². The van der Waals surface area contributed by atoms with Gasteiger partial charge in [-0.15, -0.1) is 0 Å². The van der Waals surface area contributed by atoms with Gasteiger partial charge in [0.2, 0.25) is 5.91 Å². The van der Waals surface area contributed by atoms with E-state index in [0.29, 0.717) is 12.0 Å². The molecule has 0 atom stereocenters. The molecule has 0 saturated heterocycles. The van der Waals surface area contributed by atoms with Gasteiger partial charge in [0.05, 0.1) is 5.69 Å². The molecule has 0 unspecified atom stereocenters. The molecule has 0 aliphatic carbocycles. The molecular weight excluding hydrogens is 304 g/mol. The Morgan fingerprint density at radius 1 is 1.09 bits per heavy atom. The van der Waals surface area contributed by atoms with Gasteiger partial charge in [-0.25, -0.2) is 13.6 Å². The van der Waals surface area contributed by atoms with Crippen LogP contribution in [0.1, 0.15) is 15.9 Å². The second kappa shape index (κ2) is 7.35. The molecule has 7 heteroatoms. The predicted octanol–water partition coefficient (Wildman–Crippen LogP) is 2.43. The minimum Gasteiger partial charge on any atom is -0.366 e. The first-order chi connectivity index (χ1) is 11.0. The third-order valence-corrected chi connectivity index (χ3v) is 3.09. The molecule has 23 heavy (non-hydrogen) atoms. The van der Waals surface area contributed by atoms with Crippen molar-refractivity contribution in [3.8, 4) is 0 Å². The molecule has 0 bridgehead atoms. The Morgan fingerprint density at radius 3 is 2.61 bits per heavy atom. The van der Waals surface area contributed by atoms with Gasteiger partial charge in [0.25, 0.3) is 0 Å². The SMILES string of the molecule is NC(=O)c1cccc(CCNC(=O)Nc2cc(F)ccc2F)c1. The van der Waals surface area contributed by atoms with Crippen molar-refractivity contribution in [1.82, 2.24) is 5.32 Å². The summed E-state index contributed by atoms with van der Waals surface area (Å²) >= 11 is 0. The summed E-state index contributed by atoms with van der Waals surface area (Å²) in [6.45, 7) is 0.255. The van der Waals surface area contributed by atoms with Gasteiger partial charge >= 0.3 is 6.03 Å². The zero-order valence-electron chi connectivity index (χ0n) is 12.1. The molecule has 0 aromatic heterocycles. The van der Waals surface area contributed by atoms with Crippen LogP contribution in [0.5, 0.6) is 0 Å². The van der Waals surface area contributed by atoms with E-state index in [1.807, 2.05) is 0 Å². The van der Waals surface area contributed by atoms with Crippen LogP contribution in [0.15, 0.2) is 42.5 Å². The first-order valence-corrected chi connectivity index (χ1v) is 6.84. The van der Waals surface area contributed by atoms with Gasteiger partial charge in [-0.1, -0.05) is 12.1 Å². The maximum atomic E-state index is 13.4. The van der Waals surface area contributed by atoms with Crippen LogP contribution in [0.4, 0.5) is 19.3 Å². The summed E-state index contributed by atoms with van der Waals surface area (Å²) in [5, 5.41) is 4.75. The number of amides is 3. The molecule has 0 heterocycles. The summed E-state index contributed by atoms with van der Waals surface area (Å²) in [5.74, 6) is -1.90. The predicted molar refractivity (Wildman–Crippen MR) is 82.0 cm³/mol. The fraction of sp³-hybridized carbons (Fsp3) is 0.125. The van der Waals surface area contributed by atoms with Crippen LogP contribution in [-0.4, -0.2) is 18.5 Å². The molecule has 0 spiro atoms. The van der Waals surface area contributed by atoms with Crippen molar-refractivity contribution in [2.75, 3.05) is 11.9 Å². The number of rotatable bonds is 5. The monoisotopic (exact) mass is 319 g/mol. The third-order valence-electron chi connectivity index (χ3n) is 3.09. The Hall–Kier alpha value is -2.96. The quantitative estimate of drug-likeness (QED) is 0.791. The van der Waals surface area contributed by atoms with Gasteiger partial charge in [-0.05, 0) is 36.2 Å². The molecular formula is C16H15F2N3O2. The van der Waals surface area contributed by atoms with E-state index in [4.69, 9.17) is 5.73 Å². The highest BCUT2D eigenvalue weighted by Crippen LogP contribution is 2.14. The Kier molecular flexibility index (Phi) is 5.24. The topological polar surface area (TPSA) is 84.2 Å². The fourth-order valence-electron chi connectivity index (χ4n) is 1.96. The summed E-state index contributed by atoms with van der Waals surface area (Å²) in [4.78, 5) is 22.7. The van der Waals surface area contributed by atoms with Crippen LogP contribution in [0, 0.1) is 11.6 Å². The summed E-state index contributed by atoms with van der Waals surface area (Å²) < 4.78 is 26.4. The normalized spacial score (nSPS) is 10.2. The largest absolute Gasteiger partial charge is 0.366 e. The molecule has 120 valence electrons. The number of benzene rings is 2. The zero-order chi connectivity index (χ0) is 16.8.